The number of hydrogen-bond donors (Lipinski definition) is 1. The van der Waals surface area contributed by atoms with E-state index < -0.39 is 12.0 Å². The molecule has 0 saturated carbocycles. The first kappa shape index (κ1) is 18.7. The van der Waals surface area contributed by atoms with E-state index in [9.17, 15) is 9.18 Å². The molecule has 1 aliphatic rings. The SMILES string of the molecule is CCOC(=O)C1=C(CC)NC(c2nccs2)=NC1c1ccc(F)cc1Br. The lowest BCUT2D eigenvalue weighted by Gasteiger charge is -2.27. The summed E-state index contributed by atoms with van der Waals surface area (Å²) in [6.45, 7) is 3.97. The number of ether oxygens (including phenoxy) is 1. The normalized spacial score (nSPS) is 16.9. The number of esters is 1. The van der Waals surface area contributed by atoms with Crippen LogP contribution in [0.2, 0.25) is 0 Å². The molecule has 2 aromatic rings. The Morgan fingerprint density at radius 2 is 2.23 bits per heavy atom. The van der Waals surface area contributed by atoms with Crippen molar-refractivity contribution in [2.75, 3.05) is 6.61 Å². The summed E-state index contributed by atoms with van der Waals surface area (Å²) >= 11 is 4.84. The number of thiazole rings is 1. The fourth-order valence-corrected chi connectivity index (χ4v) is 3.88. The third kappa shape index (κ3) is 3.71. The zero-order valence-corrected chi connectivity index (χ0v) is 16.7. The largest absolute Gasteiger partial charge is 0.463 e. The molecular formula is C18H17BrFN3O2S. The van der Waals surface area contributed by atoms with Crippen molar-refractivity contribution in [3.05, 3.63) is 61.9 Å². The highest BCUT2D eigenvalue weighted by Gasteiger charge is 2.33. The molecule has 1 aromatic carbocycles. The number of aliphatic imine (C=N–C) groups is 1. The number of allylic oxidation sites excluding steroid dienone is 1. The molecule has 1 N–H and O–H groups in total. The predicted molar refractivity (Wildman–Crippen MR) is 103 cm³/mol. The molecule has 1 unspecified atom stereocenters. The van der Waals surface area contributed by atoms with E-state index in [2.05, 4.69) is 26.2 Å². The number of aromatic nitrogens is 1. The van der Waals surface area contributed by atoms with Gasteiger partial charge in [0.05, 0.1) is 12.2 Å². The maximum Gasteiger partial charge on any atom is 0.338 e. The second-order valence-corrected chi connectivity index (χ2v) is 7.22. The van der Waals surface area contributed by atoms with Crippen LogP contribution < -0.4 is 5.32 Å². The number of hydrogen-bond acceptors (Lipinski definition) is 6. The lowest BCUT2D eigenvalue weighted by molar-refractivity contribution is -0.139. The summed E-state index contributed by atoms with van der Waals surface area (Å²) in [4.78, 5) is 21.6. The van der Waals surface area contributed by atoms with Gasteiger partial charge in [0.15, 0.2) is 10.8 Å². The first-order chi connectivity index (χ1) is 12.5. The van der Waals surface area contributed by atoms with Crippen LogP contribution in [0.4, 0.5) is 4.39 Å². The van der Waals surface area contributed by atoms with E-state index in [1.54, 1.807) is 19.2 Å². The van der Waals surface area contributed by atoms with Crippen molar-refractivity contribution >= 4 is 39.1 Å². The fourth-order valence-electron chi connectivity index (χ4n) is 2.72. The van der Waals surface area contributed by atoms with Crippen molar-refractivity contribution in [1.29, 1.82) is 0 Å². The number of benzene rings is 1. The van der Waals surface area contributed by atoms with E-state index in [1.165, 1.54) is 23.5 Å². The van der Waals surface area contributed by atoms with Crippen LogP contribution in [0.3, 0.4) is 0 Å². The molecule has 0 aliphatic carbocycles. The first-order valence-electron chi connectivity index (χ1n) is 8.14. The van der Waals surface area contributed by atoms with Crippen LogP contribution in [0.1, 0.15) is 36.9 Å². The molecule has 0 amide bonds. The minimum absolute atomic E-state index is 0.264. The Morgan fingerprint density at radius 3 is 2.85 bits per heavy atom. The third-order valence-electron chi connectivity index (χ3n) is 3.87. The van der Waals surface area contributed by atoms with Crippen molar-refractivity contribution < 1.29 is 13.9 Å². The van der Waals surface area contributed by atoms with Gasteiger partial charge >= 0.3 is 5.97 Å². The molecule has 1 atom stereocenters. The highest BCUT2D eigenvalue weighted by molar-refractivity contribution is 9.10. The van der Waals surface area contributed by atoms with Gasteiger partial charge in [0.2, 0.25) is 0 Å². The average molecular weight is 438 g/mol. The van der Waals surface area contributed by atoms with Crippen LogP contribution >= 0.6 is 27.3 Å². The Labute approximate surface area is 163 Å². The van der Waals surface area contributed by atoms with Gasteiger partial charge in [-0.1, -0.05) is 28.9 Å². The molecule has 0 fully saturated rings. The molecule has 0 spiro atoms. The number of carbonyl (C=O) groups is 1. The van der Waals surface area contributed by atoms with E-state index in [1.807, 2.05) is 12.3 Å². The Morgan fingerprint density at radius 1 is 1.42 bits per heavy atom. The maximum atomic E-state index is 13.5. The molecule has 0 radical (unpaired) electrons. The van der Waals surface area contributed by atoms with E-state index >= 15 is 0 Å². The van der Waals surface area contributed by atoms with Gasteiger partial charge in [-0.3, -0.25) is 4.99 Å². The summed E-state index contributed by atoms with van der Waals surface area (Å²) in [7, 11) is 0. The van der Waals surface area contributed by atoms with Gasteiger partial charge < -0.3 is 10.1 Å². The Bertz CT molecular complexity index is 881. The number of rotatable bonds is 5. The zero-order chi connectivity index (χ0) is 18.7. The lowest BCUT2D eigenvalue weighted by atomic mass is 9.95. The number of nitrogens with zero attached hydrogens (tertiary/aromatic N) is 2. The molecule has 1 aromatic heterocycles. The van der Waals surface area contributed by atoms with E-state index in [-0.39, 0.29) is 12.4 Å². The fraction of sp³-hybridized carbons (Fsp3) is 0.278. The number of carbonyl (C=O) groups excluding carboxylic acids is 1. The summed E-state index contributed by atoms with van der Waals surface area (Å²) in [5, 5.41) is 5.80. The van der Waals surface area contributed by atoms with Crippen molar-refractivity contribution in [3.63, 3.8) is 0 Å². The van der Waals surface area contributed by atoms with Gasteiger partial charge in [-0.2, -0.15) is 0 Å². The van der Waals surface area contributed by atoms with E-state index in [4.69, 9.17) is 9.73 Å². The van der Waals surface area contributed by atoms with Crippen LogP contribution in [0.15, 0.2) is 50.5 Å². The lowest BCUT2D eigenvalue weighted by Crippen LogP contribution is -2.33. The summed E-state index contributed by atoms with van der Waals surface area (Å²) in [6.07, 6.45) is 2.29. The van der Waals surface area contributed by atoms with Gasteiger partial charge in [-0.25, -0.2) is 14.2 Å². The van der Waals surface area contributed by atoms with Crippen molar-refractivity contribution in [1.82, 2.24) is 10.3 Å². The minimum atomic E-state index is -0.612. The Kier molecular flexibility index (Phi) is 5.83. The third-order valence-corrected chi connectivity index (χ3v) is 5.33. The van der Waals surface area contributed by atoms with Gasteiger partial charge in [-0.15, -0.1) is 11.3 Å². The standard InChI is InChI=1S/C18H17BrFN3O2S/c1-3-13-14(18(24)25-4-2)15(11-6-5-10(20)9-12(11)19)23-16(22-13)17-21-7-8-26-17/h5-9,15H,3-4H2,1-2H3,(H,22,23). The van der Waals surface area contributed by atoms with Crippen LogP contribution in [0.5, 0.6) is 0 Å². The minimum Gasteiger partial charge on any atom is -0.463 e. The summed E-state index contributed by atoms with van der Waals surface area (Å²) in [6, 6.07) is 3.74. The topological polar surface area (TPSA) is 63.6 Å². The second kappa shape index (κ2) is 8.09. The Balaban J connectivity index is 2.15. The molecule has 136 valence electrons. The maximum absolute atomic E-state index is 13.5. The summed E-state index contributed by atoms with van der Waals surface area (Å²) in [5.74, 6) is -0.206. The number of nitrogens with one attached hydrogen (secondary N) is 1. The summed E-state index contributed by atoms with van der Waals surface area (Å²) < 4.78 is 19.3. The van der Waals surface area contributed by atoms with Crippen LogP contribution in [-0.2, 0) is 9.53 Å². The monoisotopic (exact) mass is 437 g/mol. The van der Waals surface area contributed by atoms with Gasteiger partial charge in [-0.05, 0) is 31.0 Å². The summed E-state index contributed by atoms with van der Waals surface area (Å²) in [5.41, 5.74) is 1.85. The quantitative estimate of drug-likeness (QED) is 0.705. The molecule has 26 heavy (non-hydrogen) atoms. The van der Waals surface area contributed by atoms with Crippen LogP contribution in [-0.4, -0.2) is 23.4 Å². The second-order valence-electron chi connectivity index (χ2n) is 5.47. The molecule has 0 saturated heterocycles. The van der Waals surface area contributed by atoms with Gasteiger partial charge in [0, 0.05) is 21.7 Å². The van der Waals surface area contributed by atoms with E-state index in [0.717, 1.165) is 10.7 Å². The molecule has 1 aliphatic heterocycles. The highest BCUT2D eigenvalue weighted by Crippen LogP contribution is 2.37. The number of amidine groups is 1. The molecular weight excluding hydrogens is 421 g/mol. The smallest absolute Gasteiger partial charge is 0.338 e. The van der Waals surface area contributed by atoms with Gasteiger partial charge in [0.1, 0.15) is 11.9 Å². The van der Waals surface area contributed by atoms with Crippen molar-refractivity contribution in [2.24, 2.45) is 4.99 Å². The number of halogens is 2. The highest BCUT2D eigenvalue weighted by atomic mass is 79.9. The van der Waals surface area contributed by atoms with Gasteiger partial charge in [0.25, 0.3) is 0 Å². The van der Waals surface area contributed by atoms with Crippen molar-refractivity contribution in [3.8, 4) is 0 Å². The molecule has 5 nitrogen and oxygen atoms in total. The zero-order valence-electron chi connectivity index (χ0n) is 14.3. The molecule has 0 bridgehead atoms. The molecule has 2 heterocycles. The van der Waals surface area contributed by atoms with E-state index in [0.29, 0.717) is 27.9 Å². The molecule has 3 rings (SSSR count). The predicted octanol–water partition coefficient (Wildman–Crippen LogP) is 4.36. The Hall–Kier alpha value is -2.06. The van der Waals surface area contributed by atoms with Crippen molar-refractivity contribution in [2.45, 2.75) is 26.3 Å². The molecule has 8 heteroatoms. The van der Waals surface area contributed by atoms with Crippen LogP contribution in [0, 0.1) is 5.82 Å². The van der Waals surface area contributed by atoms with Crippen LogP contribution in [0.25, 0.3) is 0 Å². The average Bonchev–Trinajstić information content (AvgIpc) is 3.15. The first-order valence-corrected chi connectivity index (χ1v) is 9.82.